The highest BCUT2D eigenvalue weighted by Crippen LogP contribution is 2.18. The molecule has 0 saturated carbocycles. The molecule has 0 radical (unpaired) electrons. The van der Waals surface area contributed by atoms with Crippen LogP contribution in [-0.2, 0) is 21.6 Å². The third kappa shape index (κ3) is 7.78. The summed E-state index contributed by atoms with van der Waals surface area (Å²) in [4.78, 5) is 23.5. The summed E-state index contributed by atoms with van der Waals surface area (Å²) < 4.78 is 40.4. The van der Waals surface area contributed by atoms with Crippen LogP contribution < -0.4 is 20.7 Å². The highest BCUT2D eigenvalue weighted by atomic mass is 35.5. The van der Waals surface area contributed by atoms with E-state index >= 15 is 0 Å². The SMILES string of the molecule is O=C(COc1cccc(Cl)c1)Nc1ccc(CNC(=O)Nc2cccc(S(=O)(=O)F)c2)cc1. The lowest BCUT2D eigenvalue weighted by Gasteiger charge is -2.10. The number of anilines is 2. The average Bonchev–Trinajstić information content (AvgIpc) is 2.77. The van der Waals surface area contributed by atoms with Gasteiger partial charge in [-0.2, -0.15) is 8.42 Å². The van der Waals surface area contributed by atoms with Gasteiger partial charge in [-0.3, -0.25) is 4.79 Å². The molecule has 0 spiro atoms. The number of amides is 3. The predicted octanol–water partition coefficient (Wildman–Crippen LogP) is 4.34. The van der Waals surface area contributed by atoms with Crippen molar-refractivity contribution >= 4 is 45.1 Å². The maximum atomic E-state index is 13.1. The van der Waals surface area contributed by atoms with E-state index in [2.05, 4.69) is 16.0 Å². The fourth-order valence-electron chi connectivity index (χ4n) is 2.69. The van der Waals surface area contributed by atoms with Crippen molar-refractivity contribution in [3.8, 4) is 5.75 Å². The quantitative estimate of drug-likeness (QED) is 0.406. The van der Waals surface area contributed by atoms with Gasteiger partial charge in [0.15, 0.2) is 6.61 Å². The lowest BCUT2D eigenvalue weighted by Crippen LogP contribution is -2.28. The molecule has 0 aliphatic carbocycles. The van der Waals surface area contributed by atoms with Crippen LogP contribution in [-0.4, -0.2) is 27.0 Å². The number of rotatable bonds is 8. The van der Waals surface area contributed by atoms with Crippen molar-refractivity contribution in [2.75, 3.05) is 17.2 Å². The third-order valence-corrected chi connectivity index (χ3v) is 5.28. The second-order valence-electron chi connectivity index (χ2n) is 6.76. The number of hydrogen-bond donors (Lipinski definition) is 3. The van der Waals surface area contributed by atoms with Crippen LogP contribution in [0.4, 0.5) is 20.1 Å². The zero-order valence-electron chi connectivity index (χ0n) is 17.0. The van der Waals surface area contributed by atoms with Crippen molar-refractivity contribution in [3.05, 3.63) is 83.4 Å². The normalized spacial score (nSPS) is 10.8. The molecule has 0 unspecified atom stereocenters. The van der Waals surface area contributed by atoms with E-state index in [0.29, 0.717) is 16.5 Å². The van der Waals surface area contributed by atoms with Gasteiger partial charge in [0.1, 0.15) is 10.6 Å². The first kappa shape index (κ1) is 24.0. The molecule has 0 aliphatic rings. The Kier molecular flexibility index (Phi) is 7.86. The molecule has 0 fully saturated rings. The number of hydrogen-bond acceptors (Lipinski definition) is 5. The molecule has 0 aromatic heterocycles. The van der Waals surface area contributed by atoms with Crippen LogP contribution >= 0.6 is 11.6 Å². The maximum Gasteiger partial charge on any atom is 0.332 e. The van der Waals surface area contributed by atoms with Gasteiger partial charge in [0.05, 0.1) is 0 Å². The predicted molar refractivity (Wildman–Crippen MR) is 123 cm³/mol. The lowest BCUT2D eigenvalue weighted by atomic mass is 10.2. The molecule has 0 atom stereocenters. The Morgan fingerprint density at radius 3 is 2.33 bits per heavy atom. The van der Waals surface area contributed by atoms with Crippen LogP contribution in [0, 0.1) is 0 Å². The number of carbonyl (C=O) groups excluding carboxylic acids is 2. The molecule has 0 heterocycles. The van der Waals surface area contributed by atoms with Gasteiger partial charge in [-0.05, 0) is 54.1 Å². The van der Waals surface area contributed by atoms with Crippen molar-refractivity contribution in [2.24, 2.45) is 0 Å². The van der Waals surface area contributed by atoms with Gasteiger partial charge in [0.25, 0.3) is 5.91 Å². The van der Waals surface area contributed by atoms with Crippen LogP contribution in [0.15, 0.2) is 77.7 Å². The molecule has 8 nitrogen and oxygen atoms in total. The number of carbonyl (C=O) groups is 2. The molecule has 11 heteroatoms. The molecule has 3 N–H and O–H groups in total. The van der Waals surface area contributed by atoms with Crippen LogP contribution in [0.2, 0.25) is 5.02 Å². The highest BCUT2D eigenvalue weighted by Gasteiger charge is 2.12. The number of ether oxygens (including phenoxy) is 1. The Bertz CT molecular complexity index is 1250. The van der Waals surface area contributed by atoms with Gasteiger partial charge in [-0.25, -0.2) is 4.79 Å². The molecule has 3 aromatic rings. The topological polar surface area (TPSA) is 114 Å². The van der Waals surface area contributed by atoms with E-state index in [1.165, 1.54) is 12.1 Å². The van der Waals surface area contributed by atoms with Crippen molar-refractivity contribution < 1.29 is 26.6 Å². The second-order valence-corrected chi connectivity index (χ2v) is 8.55. The molecular weight excluding hydrogens is 473 g/mol. The van der Waals surface area contributed by atoms with E-state index in [1.807, 2.05) is 0 Å². The summed E-state index contributed by atoms with van der Waals surface area (Å²) in [7, 11) is -4.86. The fourth-order valence-corrected chi connectivity index (χ4v) is 3.38. The van der Waals surface area contributed by atoms with Crippen LogP contribution in [0.5, 0.6) is 5.75 Å². The third-order valence-electron chi connectivity index (χ3n) is 4.23. The standard InChI is InChI=1S/C22H19ClFN3O5S/c23-16-3-1-5-19(11-16)32-14-21(28)26-17-9-7-15(8-10-17)13-25-22(29)27-18-4-2-6-20(12-18)33(24,30)31/h1-12H,13-14H2,(H,26,28)(H2,25,27,29). The van der Waals surface area contributed by atoms with Gasteiger partial charge in [-0.15, -0.1) is 3.89 Å². The Morgan fingerprint density at radius 1 is 0.909 bits per heavy atom. The number of benzene rings is 3. The summed E-state index contributed by atoms with van der Waals surface area (Å²) in [6, 6.07) is 17.7. The molecule has 172 valence electrons. The van der Waals surface area contributed by atoms with Crippen molar-refractivity contribution in [2.45, 2.75) is 11.4 Å². The highest BCUT2D eigenvalue weighted by molar-refractivity contribution is 7.86. The number of nitrogens with one attached hydrogen (secondary N) is 3. The monoisotopic (exact) mass is 491 g/mol. The summed E-state index contributed by atoms with van der Waals surface area (Å²) in [6.07, 6.45) is 0. The molecule has 0 saturated heterocycles. The van der Waals surface area contributed by atoms with Crippen molar-refractivity contribution in [1.82, 2.24) is 5.32 Å². The zero-order valence-corrected chi connectivity index (χ0v) is 18.6. The van der Waals surface area contributed by atoms with Crippen molar-refractivity contribution in [3.63, 3.8) is 0 Å². The van der Waals surface area contributed by atoms with E-state index in [9.17, 15) is 21.9 Å². The van der Waals surface area contributed by atoms with E-state index in [-0.39, 0.29) is 24.7 Å². The minimum absolute atomic E-state index is 0.129. The molecule has 0 aliphatic heterocycles. The largest absolute Gasteiger partial charge is 0.484 e. The molecule has 33 heavy (non-hydrogen) atoms. The first-order valence-corrected chi connectivity index (χ1v) is 11.3. The van der Waals surface area contributed by atoms with Gasteiger partial charge in [0.2, 0.25) is 0 Å². The lowest BCUT2D eigenvalue weighted by molar-refractivity contribution is -0.118. The minimum Gasteiger partial charge on any atom is -0.484 e. The Morgan fingerprint density at radius 2 is 1.64 bits per heavy atom. The number of urea groups is 1. The Labute approximate surface area is 194 Å². The van der Waals surface area contributed by atoms with Crippen LogP contribution in [0.1, 0.15) is 5.56 Å². The molecule has 3 amide bonds. The molecular formula is C22H19ClFN3O5S. The molecule has 3 aromatic carbocycles. The summed E-state index contributed by atoms with van der Waals surface area (Å²) in [5, 5.41) is 8.23. The van der Waals surface area contributed by atoms with Crippen LogP contribution in [0.3, 0.4) is 0 Å². The first-order chi connectivity index (χ1) is 15.7. The Hall–Kier alpha value is -3.63. The van der Waals surface area contributed by atoms with E-state index in [0.717, 1.165) is 17.7 Å². The van der Waals surface area contributed by atoms with Gasteiger partial charge < -0.3 is 20.7 Å². The van der Waals surface area contributed by atoms with Crippen molar-refractivity contribution in [1.29, 1.82) is 0 Å². The average molecular weight is 492 g/mol. The molecule has 0 bridgehead atoms. The second kappa shape index (κ2) is 10.8. The van der Waals surface area contributed by atoms with Crippen LogP contribution in [0.25, 0.3) is 0 Å². The Balaban J connectivity index is 1.45. The van der Waals surface area contributed by atoms with E-state index in [4.69, 9.17) is 16.3 Å². The zero-order chi connectivity index (χ0) is 23.8. The van der Waals surface area contributed by atoms with Gasteiger partial charge in [0, 0.05) is 22.9 Å². The summed E-state index contributed by atoms with van der Waals surface area (Å²) in [6.45, 7) is -0.0201. The summed E-state index contributed by atoms with van der Waals surface area (Å²) in [5.41, 5.74) is 1.43. The number of halogens is 2. The van der Waals surface area contributed by atoms with E-state index < -0.39 is 21.1 Å². The van der Waals surface area contributed by atoms with E-state index in [1.54, 1.807) is 48.5 Å². The molecule has 3 rings (SSSR count). The summed E-state index contributed by atoms with van der Waals surface area (Å²) >= 11 is 5.87. The minimum atomic E-state index is -4.86. The smallest absolute Gasteiger partial charge is 0.332 e. The van der Waals surface area contributed by atoms with Gasteiger partial charge >= 0.3 is 16.3 Å². The summed E-state index contributed by atoms with van der Waals surface area (Å²) in [5.74, 6) is 0.133. The van der Waals surface area contributed by atoms with Gasteiger partial charge in [-0.1, -0.05) is 35.9 Å². The first-order valence-electron chi connectivity index (χ1n) is 9.56. The maximum absolute atomic E-state index is 13.1. The fraction of sp³-hybridized carbons (Fsp3) is 0.0909.